The average Bonchev–Trinajstić information content (AvgIpc) is 2.75. The van der Waals surface area contributed by atoms with Gasteiger partial charge >= 0.3 is 0 Å². The van der Waals surface area contributed by atoms with E-state index in [1.807, 2.05) is 47.4 Å². The summed E-state index contributed by atoms with van der Waals surface area (Å²) in [6.07, 6.45) is 5.19. The van der Waals surface area contributed by atoms with E-state index in [0.717, 1.165) is 30.0 Å². The second-order valence-electron chi connectivity index (χ2n) is 7.18. The Hall–Kier alpha value is -2.38. The van der Waals surface area contributed by atoms with E-state index in [1.54, 1.807) is 17.3 Å². The fraction of sp³-hybridized carbons (Fsp3) is 0.381. The molecule has 28 heavy (non-hydrogen) atoms. The van der Waals surface area contributed by atoms with Gasteiger partial charge in [0.05, 0.1) is 18.8 Å². The van der Waals surface area contributed by atoms with Crippen molar-refractivity contribution in [3.05, 3.63) is 54.9 Å². The number of anilines is 1. The molecule has 2 saturated heterocycles. The van der Waals surface area contributed by atoms with E-state index in [4.69, 9.17) is 4.74 Å². The lowest BCUT2D eigenvalue weighted by molar-refractivity contribution is -0.152. The van der Waals surface area contributed by atoms with Crippen molar-refractivity contribution in [1.82, 2.24) is 9.88 Å². The fourth-order valence-corrected chi connectivity index (χ4v) is 4.57. The topological polar surface area (TPSA) is 62.7 Å². The first-order chi connectivity index (χ1) is 13.7. The molecule has 2 aliphatic rings. The number of amides is 2. The Morgan fingerprint density at radius 1 is 1.14 bits per heavy atom. The highest BCUT2D eigenvalue weighted by molar-refractivity contribution is 8.00. The summed E-state index contributed by atoms with van der Waals surface area (Å²) in [5, 5.41) is 0. The number of pyridine rings is 1. The maximum absolute atomic E-state index is 12.8. The second kappa shape index (κ2) is 8.32. The first-order valence-electron chi connectivity index (χ1n) is 9.45. The van der Waals surface area contributed by atoms with Crippen molar-refractivity contribution in [2.24, 2.45) is 0 Å². The molecule has 1 aromatic heterocycles. The van der Waals surface area contributed by atoms with Crippen LogP contribution >= 0.6 is 11.8 Å². The third-order valence-corrected chi connectivity index (χ3v) is 6.22. The highest BCUT2D eigenvalue weighted by atomic mass is 32.2. The maximum Gasteiger partial charge on any atom is 0.253 e. The van der Waals surface area contributed by atoms with Gasteiger partial charge in [-0.2, -0.15) is 0 Å². The molecule has 146 valence electrons. The third-order valence-electron chi connectivity index (χ3n) is 5.22. The van der Waals surface area contributed by atoms with Crippen LogP contribution in [-0.2, 0) is 14.3 Å². The predicted molar refractivity (Wildman–Crippen MR) is 108 cm³/mol. The monoisotopic (exact) mass is 397 g/mol. The van der Waals surface area contributed by atoms with Gasteiger partial charge in [0.15, 0.2) is 0 Å². The molecule has 3 heterocycles. The van der Waals surface area contributed by atoms with Crippen LogP contribution < -0.4 is 4.90 Å². The molecule has 4 rings (SSSR count). The van der Waals surface area contributed by atoms with E-state index in [1.165, 1.54) is 11.8 Å². The summed E-state index contributed by atoms with van der Waals surface area (Å²) in [7, 11) is 0. The van der Waals surface area contributed by atoms with E-state index >= 15 is 0 Å². The average molecular weight is 398 g/mol. The zero-order chi connectivity index (χ0) is 19.4. The Morgan fingerprint density at radius 2 is 1.93 bits per heavy atom. The number of morpholine rings is 1. The van der Waals surface area contributed by atoms with Crippen LogP contribution in [-0.4, -0.2) is 59.3 Å². The van der Waals surface area contributed by atoms with Gasteiger partial charge in [-0.1, -0.05) is 18.2 Å². The molecular weight excluding hydrogens is 374 g/mol. The minimum atomic E-state index is -0.487. The number of rotatable bonds is 4. The van der Waals surface area contributed by atoms with E-state index in [0.29, 0.717) is 18.8 Å². The number of benzene rings is 1. The Kier molecular flexibility index (Phi) is 5.64. The van der Waals surface area contributed by atoms with Crippen molar-refractivity contribution in [3.63, 3.8) is 0 Å². The van der Waals surface area contributed by atoms with E-state index < -0.39 is 5.60 Å². The van der Waals surface area contributed by atoms with Crippen LogP contribution in [0.5, 0.6) is 0 Å². The van der Waals surface area contributed by atoms with Gasteiger partial charge in [-0.3, -0.25) is 14.6 Å². The fourth-order valence-electron chi connectivity index (χ4n) is 3.79. The Labute approximate surface area is 168 Å². The summed E-state index contributed by atoms with van der Waals surface area (Å²) in [5.41, 5.74) is 0.394. The molecule has 2 fully saturated rings. The van der Waals surface area contributed by atoms with Gasteiger partial charge in [-0.15, -0.1) is 11.8 Å². The molecule has 0 radical (unpaired) electrons. The number of carbonyl (C=O) groups is 2. The summed E-state index contributed by atoms with van der Waals surface area (Å²) < 4.78 is 6.01. The lowest BCUT2D eigenvalue weighted by atomic mass is 9.90. The number of carbonyl (C=O) groups excluding carboxylic acids is 2. The van der Waals surface area contributed by atoms with E-state index in [2.05, 4.69) is 4.98 Å². The Morgan fingerprint density at radius 3 is 2.71 bits per heavy atom. The van der Waals surface area contributed by atoms with Gasteiger partial charge in [-0.05, 0) is 37.1 Å². The van der Waals surface area contributed by atoms with Gasteiger partial charge in [0.1, 0.15) is 12.2 Å². The van der Waals surface area contributed by atoms with Crippen molar-refractivity contribution in [2.45, 2.75) is 23.3 Å². The van der Waals surface area contributed by atoms with Crippen LogP contribution in [0.4, 0.5) is 5.69 Å². The molecule has 6 nitrogen and oxygen atoms in total. The van der Waals surface area contributed by atoms with E-state index in [-0.39, 0.29) is 18.4 Å². The predicted octanol–water partition coefficient (Wildman–Crippen LogP) is 2.60. The number of hydrogen-bond acceptors (Lipinski definition) is 5. The first-order valence-corrected chi connectivity index (χ1v) is 10.4. The zero-order valence-electron chi connectivity index (χ0n) is 15.6. The third kappa shape index (κ3) is 4.20. The number of ether oxygens (including phenoxy) is 1. The van der Waals surface area contributed by atoms with Crippen LogP contribution in [0.15, 0.2) is 59.8 Å². The molecule has 0 bridgehead atoms. The van der Waals surface area contributed by atoms with Crippen LogP contribution in [0.2, 0.25) is 0 Å². The van der Waals surface area contributed by atoms with Crippen LogP contribution in [0, 0.1) is 0 Å². The molecule has 1 aromatic carbocycles. The summed E-state index contributed by atoms with van der Waals surface area (Å²) in [4.78, 5) is 33.9. The minimum absolute atomic E-state index is 0.0338. The first kappa shape index (κ1) is 19.0. The number of hydrogen-bond donors (Lipinski definition) is 0. The van der Waals surface area contributed by atoms with Crippen LogP contribution in [0.1, 0.15) is 12.8 Å². The van der Waals surface area contributed by atoms with Crippen LogP contribution in [0.3, 0.4) is 0 Å². The summed E-state index contributed by atoms with van der Waals surface area (Å²) in [5.74, 6) is 0.461. The van der Waals surface area contributed by atoms with Gasteiger partial charge in [0, 0.05) is 29.5 Å². The standard InChI is InChI=1S/C21H23N3O3S/c25-19-13-27-21(16-24(19)17-5-2-1-3-6-17)9-4-12-23(15-21)20(26)14-28-18-7-10-22-11-8-18/h1-3,5-8,10-11H,4,9,12-16H2. The van der Waals surface area contributed by atoms with Crippen molar-refractivity contribution >= 4 is 29.3 Å². The number of thioether (sulfide) groups is 1. The Balaban J connectivity index is 1.42. The largest absolute Gasteiger partial charge is 0.361 e. The van der Waals surface area contributed by atoms with Gasteiger partial charge in [0.25, 0.3) is 5.91 Å². The highest BCUT2D eigenvalue weighted by Crippen LogP contribution is 2.32. The van der Waals surface area contributed by atoms with Crippen molar-refractivity contribution < 1.29 is 14.3 Å². The van der Waals surface area contributed by atoms with Crippen molar-refractivity contribution in [3.8, 4) is 0 Å². The SMILES string of the molecule is O=C(CSc1ccncc1)N1CCCC2(C1)CN(c1ccccc1)C(=O)CO2. The highest BCUT2D eigenvalue weighted by Gasteiger charge is 2.44. The number of aromatic nitrogens is 1. The lowest BCUT2D eigenvalue weighted by Gasteiger charge is -2.47. The Bertz CT molecular complexity index is 833. The number of nitrogens with zero attached hydrogens (tertiary/aromatic N) is 3. The summed E-state index contributed by atoms with van der Waals surface area (Å²) in [6.45, 7) is 1.80. The quantitative estimate of drug-likeness (QED) is 0.742. The molecule has 1 spiro atoms. The van der Waals surface area contributed by atoms with Crippen molar-refractivity contribution in [2.75, 3.05) is 36.9 Å². The lowest BCUT2D eigenvalue weighted by Crippen LogP contribution is -2.62. The summed E-state index contributed by atoms with van der Waals surface area (Å²) in [6, 6.07) is 13.5. The molecule has 0 N–H and O–H groups in total. The molecule has 1 atom stereocenters. The maximum atomic E-state index is 12.8. The number of likely N-dealkylation sites (tertiary alicyclic amines) is 1. The number of piperidine rings is 1. The molecule has 7 heteroatoms. The molecule has 2 aliphatic heterocycles. The molecule has 2 amide bonds. The van der Waals surface area contributed by atoms with Gasteiger partial charge in [-0.25, -0.2) is 0 Å². The number of para-hydroxylation sites is 1. The molecule has 0 aliphatic carbocycles. The van der Waals surface area contributed by atoms with Crippen LogP contribution in [0.25, 0.3) is 0 Å². The molecule has 1 unspecified atom stereocenters. The van der Waals surface area contributed by atoms with Gasteiger partial charge in [0.2, 0.25) is 5.91 Å². The van der Waals surface area contributed by atoms with Gasteiger partial charge < -0.3 is 14.5 Å². The summed E-state index contributed by atoms with van der Waals surface area (Å²) >= 11 is 1.52. The second-order valence-corrected chi connectivity index (χ2v) is 8.23. The minimum Gasteiger partial charge on any atom is -0.361 e. The normalized spacial score (nSPS) is 22.5. The molecule has 2 aromatic rings. The zero-order valence-corrected chi connectivity index (χ0v) is 16.4. The van der Waals surface area contributed by atoms with E-state index in [9.17, 15) is 9.59 Å². The molecular formula is C21H23N3O3S. The smallest absolute Gasteiger partial charge is 0.253 e. The van der Waals surface area contributed by atoms with Crippen molar-refractivity contribution in [1.29, 1.82) is 0 Å². The molecule has 0 saturated carbocycles.